The maximum atomic E-state index is 2.45. The predicted octanol–water partition coefficient (Wildman–Crippen LogP) is 11.5. The Bertz CT molecular complexity index is 2480. The Morgan fingerprint density at radius 3 is 1.58 bits per heavy atom. The van der Waals surface area contributed by atoms with Crippen LogP contribution in [-0.4, -0.2) is 0 Å². The smallest absolute Gasteiger partial charge is 0.000704 e. The minimum absolute atomic E-state index is 1.01. The fourth-order valence-electron chi connectivity index (χ4n) is 7.97. The van der Waals surface area contributed by atoms with Crippen molar-refractivity contribution in [1.29, 1.82) is 0 Å². The highest BCUT2D eigenvalue weighted by atomic mass is 14.3. The standard InChI is InChI=1S/C43H26/c1-2-12-31(28-21-22-36-34-15-4-3-13-32(34)33-14-5-6-16-35(33)40(36)24-28)30(11-1)27-19-20-29-25-41-37-17-7-9-26-10-8-18-38(42(26)37)43(41)39(29)23-27/h1-24H,25H2. The van der Waals surface area contributed by atoms with Crippen molar-refractivity contribution in [3.8, 4) is 22.3 Å². The van der Waals surface area contributed by atoms with Crippen LogP contribution in [0, 0.1) is 0 Å². The van der Waals surface area contributed by atoms with Crippen LogP contribution in [0.2, 0.25) is 0 Å². The normalized spacial score (nSPS) is 13.4. The zero-order valence-electron chi connectivity index (χ0n) is 23.6. The fraction of sp³-hybridized carbons (Fsp3) is 0.0233. The Balaban J connectivity index is 1.16. The summed E-state index contributed by atoms with van der Waals surface area (Å²) in [6.07, 6.45) is 1.01. The Morgan fingerprint density at radius 1 is 0.349 bits per heavy atom. The maximum Gasteiger partial charge on any atom is -0.000704 e. The lowest BCUT2D eigenvalue weighted by Gasteiger charge is -2.15. The van der Waals surface area contributed by atoms with E-state index in [9.17, 15) is 0 Å². The highest BCUT2D eigenvalue weighted by Crippen LogP contribution is 2.52. The van der Waals surface area contributed by atoms with Crippen molar-refractivity contribution in [2.24, 2.45) is 0 Å². The van der Waals surface area contributed by atoms with Crippen molar-refractivity contribution < 1.29 is 0 Å². The molecular weight excluding hydrogens is 516 g/mol. The van der Waals surface area contributed by atoms with Gasteiger partial charge < -0.3 is 0 Å². The number of benzene rings is 8. The average molecular weight is 543 g/mol. The number of allylic oxidation sites excluding steroid dienone is 1. The van der Waals surface area contributed by atoms with Gasteiger partial charge in [0.1, 0.15) is 0 Å². The summed E-state index contributed by atoms with van der Waals surface area (Å²) in [5.74, 6) is 0. The van der Waals surface area contributed by atoms with E-state index < -0.39 is 0 Å². The van der Waals surface area contributed by atoms with Crippen LogP contribution in [0.1, 0.15) is 22.3 Å². The molecule has 10 rings (SSSR count). The summed E-state index contributed by atoms with van der Waals surface area (Å²) in [6.45, 7) is 0. The number of hydrogen-bond donors (Lipinski definition) is 0. The Kier molecular flexibility index (Phi) is 4.59. The minimum Gasteiger partial charge on any atom is -0.0616 e. The monoisotopic (exact) mass is 542 g/mol. The second-order valence-corrected chi connectivity index (χ2v) is 12.0. The van der Waals surface area contributed by atoms with E-state index in [4.69, 9.17) is 0 Å². The van der Waals surface area contributed by atoms with Gasteiger partial charge in [0.15, 0.2) is 0 Å². The Morgan fingerprint density at radius 2 is 0.884 bits per heavy atom. The first kappa shape index (κ1) is 23.1. The van der Waals surface area contributed by atoms with Gasteiger partial charge >= 0.3 is 0 Å². The van der Waals surface area contributed by atoms with Gasteiger partial charge in [0.2, 0.25) is 0 Å². The molecule has 8 aromatic carbocycles. The molecule has 0 N–H and O–H groups in total. The fourth-order valence-corrected chi connectivity index (χ4v) is 7.97. The molecule has 8 aromatic rings. The quantitative estimate of drug-likeness (QED) is 0.191. The summed E-state index contributed by atoms with van der Waals surface area (Å²) >= 11 is 0. The SMILES string of the molecule is c1ccc(-c2ccc3c4ccccc4c4ccccc4c3c2)c(-c2ccc3c(c2)C2=C(C3)c3cccc4cccc2c34)c1. The van der Waals surface area contributed by atoms with E-state index in [0.717, 1.165) is 6.42 Å². The third kappa shape index (κ3) is 3.16. The van der Waals surface area contributed by atoms with Crippen LogP contribution in [0.4, 0.5) is 0 Å². The first-order chi connectivity index (χ1) is 21.3. The van der Waals surface area contributed by atoms with Gasteiger partial charge in [-0.3, -0.25) is 0 Å². The lowest BCUT2D eigenvalue weighted by atomic mass is 9.88. The molecule has 43 heavy (non-hydrogen) atoms. The summed E-state index contributed by atoms with van der Waals surface area (Å²) < 4.78 is 0. The van der Waals surface area contributed by atoms with E-state index in [1.807, 2.05) is 0 Å². The van der Waals surface area contributed by atoms with Crippen molar-refractivity contribution in [2.45, 2.75) is 6.42 Å². The molecular formula is C43H26. The molecule has 0 spiro atoms. The van der Waals surface area contributed by atoms with Gasteiger partial charge in [-0.15, -0.1) is 0 Å². The molecule has 0 nitrogen and oxygen atoms in total. The zero-order chi connectivity index (χ0) is 28.1. The van der Waals surface area contributed by atoms with Crippen molar-refractivity contribution in [3.63, 3.8) is 0 Å². The van der Waals surface area contributed by atoms with Crippen LogP contribution in [0.5, 0.6) is 0 Å². The van der Waals surface area contributed by atoms with Crippen LogP contribution in [0.3, 0.4) is 0 Å². The summed E-state index contributed by atoms with van der Waals surface area (Å²) in [6, 6.07) is 54.3. The summed E-state index contributed by atoms with van der Waals surface area (Å²) in [5.41, 5.74) is 13.6. The molecule has 0 unspecified atom stereocenters. The summed E-state index contributed by atoms with van der Waals surface area (Å²) in [7, 11) is 0. The molecule has 0 aromatic heterocycles. The number of fused-ring (bicyclic) bond motifs is 10. The van der Waals surface area contributed by atoms with Crippen LogP contribution in [0.15, 0.2) is 146 Å². The van der Waals surface area contributed by atoms with Gasteiger partial charge in [0, 0.05) is 0 Å². The molecule has 0 aliphatic heterocycles. The molecule has 0 amide bonds. The van der Waals surface area contributed by atoms with Crippen LogP contribution in [-0.2, 0) is 6.42 Å². The van der Waals surface area contributed by atoms with Gasteiger partial charge in [-0.25, -0.2) is 0 Å². The highest BCUT2D eigenvalue weighted by Gasteiger charge is 2.31. The molecule has 0 radical (unpaired) electrons. The average Bonchev–Trinajstić information content (AvgIpc) is 3.61. The van der Waals surface area contributed by atoms with Gasteiger partial charge in [0.25, 0.3) is 0 Å². The number of hydrogen-bond acceptors (Lipinski definition) is 0. The Hall–Kier alpha value is -5.46. The second kappa shape index (κ2) is 8.53. The van der Waals surface area contributed by atoms with Crippen LogP contribution in [0.25, 0.3) is 76.5 Å². The Labute approximate surface area is 250 Å². The van der Waals surface area contributed by atoms with Crippen molar-refractivity contribution in [3.05, 3.63) is 168 Å². The molecule has 0 saturated heterocycles. The third-order valence-electron chi connectivity index (χ3n) is 9.84. The molecule has 198 valence electrons. The maximum absolute atomic E-state index is 2.45. The van der Waals surface area contributed by atoms with E-state index in [-0.39, 0.29) is 0 Å². The van der Waals surface area contributed by atoms with Crippen molar-refractivity contribution >= 4 is 54.2 Å². The van der Waals surface area contributed by atoms with E-state index >= 15 is 0 Å². The molecule has 0 heteroatoms. The number of rotatable bonds is 2. The van der Waals surface area contributed by atoms with Gasteiger partial charge in [-0.2, -0.15) is 0 Å². The molecule has 0 saturated carbocycles. The van der Waals surface area contributed by atoms with Crippen molar-refractivity contribution in [1.82, 2.24) is 0 Å². The molecule has 0 fully saturated rings. The van der Waals surface area contributed by atoms with Gasteiger partial charge in [-0.1, -0.05) is 133 Å². The van der Waals surface area contributed by atoms with Gasteiger partial charge in [-0.05, 0) is 117 Å². The predicted molar refractivity (Wildman–Crippen MR) is 183 cm³/mol. The summed E-state index contributed by atoms with van der Waals surface area (Å²) in [5, 5.41) is 10.6. The van der Waals surface area contributed by atoms with E-state index in [1.54, 1.807) is 0 Å². The van der Waals surface area contributed by atoms with E-state index in [2.05, 4.69) is 146 Å². The third-order valence-corrected chi connectivity index (χ3v) is 9.84. The lowest BCUT2D eigenvalue weighted by molar-refractivity contribution is 1.32. The second-order valence-electron chi connectivity index (χ2n) is 12.0. The first-order valence-electron chi connectivity index (χ1n) is 15.2. The lowest BCUT2D eigenvalue weighted by Crippen LogP contribution is -1.92. The van der Waals surface area contributed by atoms with Crippen LogP contribution >= 0.6 is 0 Å². The van der Waals surface area contributed by atoms with E-state index in [1.165, 1.54) is 98.7 Å². The molecule has 0 atom stereocenters. The largest absolute Gasteiger partial charge is 0.0616 e. The van der Waals surface area contributed by atoms with E-state index in [0.29, 0.717) is 0 Å². The highest BCUT2D eigenvalue weighted by molar-refractivity contribution is 6.26. The van der Waals surface area contributed by atoms with Crippen LogP contribution < -0.4 is 0 Å². The van der Waals surface area contributed by atoms with Gasteiger partial charge in [0.05, 0.1) is 0 Å². The first-order valence-corrected chi connectivity index (χ1v) is 15.2. The zero-order valence-corrected chi connectivity index (χ0v) is 23.6. The summed E-state index contributed by atoms with van der Waals surface area (Å²) in [4.78, 5) is 0. The molecule has 2 aliphatic rings. The molecule has 0 heterocycles. The topological polar surface area (TPSA) is 0 Å². The minimum atomic E-state index is 1.01. The van der Waals surface area contributed by atoms with Crippen molar-refractivity contribution in [2.75, 3.05) is 0 Å². The molecule has 0 bridgehead atoms. The molecule has 2 aliphatic carbocycles.